The fourth-order valence-corrected chi connectivity index (χ4v) is 3.09. The van der Waals surface area contributed by atoms with E-state index in [4.69, 9.17) is 0 Å². The van der Waals surface area contributed by atoms with Gasteiger partial charge in [-0.1, -0.05) is 12.1 Å². The van der Waals surface area contributed by atoms with E-state index in [1.165, 1.54) is 10.3 Å². The second-order valence-electron chi connectivity index (χ2n) is 4.54. The van der Waals surface area contributed by atoms with Crippen molar-refractivity contribution in [1.82, 2.24) is 20.1 Å². The Kier molecular flexibility index (Phi) is 3.31. The molecule has 98 valence electrons. The van der Waals surface area contributed by atoms with E-state index in [1.54, 1.807) is 11.3 Å². The van der Waals surface area contributed by atoms with Gasteiger partial charge in [0, 0.05) is 18.3 Å². The van der Waals surface area contributed by atoms with E-state index in [-0.39, 0.29) is 0 Å². The standard InChI is InChI=1S/C14H16N4S/c1-10-11(7-15-2)8-18(17-10)9-14-16-12-5-3-4-6-13(12)19-14/h3-6,8,15H,7,9H2,1-2H3. The lowest BCUT2D eigenvalue weighted by atomic mass is 10.3. The van der Waals surface area contributed by atoms with E-state index in [0.717, 1.165) is 29.3 Å². The number of para-hydroxylation sites is 1. The molecule has 0 aliphatic heterocycles. The SMILES string of the molecule is CNCc1cn(Cc2nc3ccccc3s2)nc1C. The van der Waals surface area contributed by atoms with Crippen molar-refractivity contribution in [3.8, 4) is 0 Å². The first kappa shape index (κ1) is 12.3. The minimum Gasteiger partial charge on any atom is -0.316 e. The number of nitrogens with one attached hydrogen (secondary N) is 1. The topological polar surface area (TPSA) is 42.7 Å². The Morgan fingerprint density at radius 3 is 2.95 bits per heavy atom. The van der Waals surface area contributed by atoms with Crippen LogP contribution in [0.25, 0.3) is 10.2 Å². The largest absolute Gasteiger partial charge is 0.316 e. The number of hydrogen-bond acceptors (Lipinski definition) is 4. The molecule has 19 heavy (non-hydrogen) atoms. The average Bonchev–Trinajstić information content (AvgIpc) is 2.94. The van der Waals surface area contributed by atoms with Crippen molar-refractivity contribution in [3.05, 3.63) is 46.7 Å². The van der Waals surface area contributed by atoms with E-state index in [0.29, 0.717) is 0 Å². The lowest BCUT2D eigenvalue weighted by molar-refractivity contribution is 0.676. The van der Waals surface area contributed by atoms with Crippen molar-refractivity contribution >= 4 is 21.6 Å². The fourth-order valence-electron chi connectivity index (χ4n) is 2.13. The maximum absolute atomic E-state index is 4.63. The van der Waals surface area contributed by atoms with Crippen LogP contribution in [0.1, 0.15) is 16.3 Å². The van der Waals surface area contributed by atoms with Gasteiger partial charge in [-0.3, -0.25) is 4.68 Å². The number of aryl methyl sites for hydroxylation is 1. The predicted molar refractivity (Wildman–Crippen MR) is 78.4 cm³/mol. The van der Waals surface area contributed by atoms with Crippen molar-refractivity contribution in [2.24, 2.45) is 0 Å². The van der Waals surface area contributed by atoms with Gasteiger partial charge in [0.2, 0.25) is 0 Å². The monoisotopic (exact) mass is 272 g/mol. The molecular formula is C14H16N4S. The lowest BCUT2D eigenvalue weighted by Gasteiger charge is -1.96. The molecule has 0 aliphatic rings. The molecule has 0 radical (unpaired) electrons. The third kappa shape index (κ3) is 2.52. The van der Waals surface area contributed by atoms with E-state index in [1.807, 2.05) is 30.8 Å². The van der Waals surface area contributed by atoms with Gasteiger partial charge in [0.15, 0.2) is 0 Å². The summed E-state index contributed by atoms with van der Waals surface area (Å²) >= 11 is 1.73. The van der Waals surface area contributed by atoms with E-state index >= 15 is 0 Å². The van der Waals surface area contributed by atoms with Crippen molar-refractivity contribution in [1.29, 1.82) is 0 Å². The average molecular weight is 272 g/mol. The highest BCUT2D eigenvalue weighted by Crippen LogP contribution is 2.22. The summed E-state index contributed by atoms with van der Waals surface area (Å²) in [6.45, 7) is 3.64. The molecule has 0 aliphatic carbocycles. The second-order valence-corrected chi connectivity index (χ2v) is 5.66. The van der Waals surface area contributed by atoms with Crippen LogP contribution in [-0.4, -0.2) is 21.8 Å². The molecule has 2 aromatic heterocycles. The van der Waals surface area contributed by atoms with Crippen LogP contribution < -0.4 is 5.32 Å². The Hall–Kier alpha value is -1.72. The molecule has 0 saturated heterocycles. The summed E-state index contributed by atoms with van der Waals surface area (Å²) in [6.07, 6.45) is 2.10. The van der Waals surface area contributed by atoms with Gasteiger partial charge in [-0.25, -0.2) is 4.98 Å². The second kappa shape index (κ2) is 5.11. The molecule has 4 nitrogen and oxygen atoms in total. The number of hydrogen-bond donors (Lipinski definition) is 1. The third-order valence-electron chi connectivity index (χ3n) is 3.05. The smallest absolute Gasteiger partial charge is 0.115 e. The van der Waals surface area contributed by atoms with Crippen LogP contribution in [0.5, 0.6) is 0 Å². The highest BCUT2D eigenvalue weighted by Gasteiger charge is 2.07. The van der Waals surface area contributed by atoms with Gasteiger partial charge in [-0.15, -0.1) is 11.3 Å². The molecule has 1 N–H and O–H groups in total. The molecule has 0 amide bonds. The van der Waals surface area contributed by atoms with Crippen molar-refractivity contribution in [2.75, 3.05) is 7.05 Å². The van der Waals surface area contributed by atoms with Gasteiger partial charge in [0.25, 0.3) is 0 Å². The van der Waals surface area contributed by atoms with Crippen molar-refractivity contribution in [2.45, 2.75) is 20.0 Å². The zero-order valence-electron chi connectivity index (χ0n) is 11.1. The molecule has 0 fully saturated rings. The summed E-state index contributed by atoms with van der Waals surface area (Å²) in [5.74, 6) is 0. The van der Waals surface area contributed by atoms with Gasteiger partial charge in [-0.05, 0) is 26.1 Å². The van der Waals surface area contributed by atoms with Crippen molar-refractivity contribution in [3.63, 3.8) is 0 Å². The molecule has 3 aromatic rings. The van der Waals surface area contributed by atoms with E-state index in [2.05, 4.69) is 33.7 Å². The van der Waals surface area contributed by atoms with E-state index in [9.17, 15) is 0 Å². The Bertz CT molecular complexity index is 665. The van der Waals surface area contributed by atoms with Crippen LogP contribution in [0.4, 0.5) is 0 Å². The number of aromatic nitrogens is 3. The minimum atomic E-state index is 0.740. The van der Waals surface area contributed by atoms with Crippen molar-refractivity contribution < 1.29 is 0 Å². The summed E-state index contributed by atoms with van der Waals surface area (Å²) < 4.78 is 3.21. The van der Waals surface area contributed by atoms with Crippen LogP contribution in [0.3, 0.4) is 0 Å². The highest BCUT2D eigenvalue weighted by atomic mass is 32.1. The molecule has 5 heteroatoms. The molecule has 2 heterocycles. The maximum Gasteiger partial charge on any atom is 0.115 e. The van der Waals surface area contributed by atoms with Crippen LogP contribution in [0, 0.1) is 6.92 Å². The lowest BCUT2D eigenvalue weighted by Crippen LogP contribution is -2.05. The Balaban J connectivity index is 1.86. The predicted octanol–water partition coefficient (Wildman–Crippen LogP) is 2.57. The summed E-state index contributed by atoms with van der Waals surface area (Å²) in [5.41, 5.74) is 3.39. The Morgan fingerprint density at radius 2 is 2.16 bits per heavy atom. The normalized spacial score (nSPS) is 11.3. The van der Waals surface area contributed by atoms with Gasteiger partial charge < -0.3 is 5.32 Å². The maximum atomic E-state index is 4.63. The molecule has 0 atom stereocenters. The van der Waals surface area contributed by atoms with Crippen LogP contribution >= 0.6 is 11.3 Å². The van der Waals surface area contributed by atoms with Gasteiger partial charge in [0.1, 0.15) is 5.01 Å². The van der Waals surface area contributed by atoms with Crippen LogP contribution in [0.2, 0.25) is 0 Å². The third-order valence-corrected chi connectivity index (χ3v) is 4.07. The molecule has 0 unspecified atom stereocenters. The molecule has 0 bridgehead atoms. The summed E-state index contributed by atoms with van der Waals surface area (Å²) in [4.78, 5) is 4.63. The highest BCUT2D eigenvalue weighted by molar-refractivity contribution is 7.18. The molecule has 0 saturated carbocycles. The fraction of sp³-hybridized carbons (Fsp3) is 0.286. The van der Waals surface area contributed by atoms with Crippen LogP contribution in [0.15, 0.2) is 30.5 Å². The molecule has 0 spiro atoms. The number of thiazole rings is 1. The summed E-state index contributed by atoms with van der Waals surface area (Å²) in [7, 11) is 1.95. The number of benzene rings is 1. The van der Waals surface area contributed by atoms with Crippen LogP contribution in [-0.2, 0) is 13.1 Å². The molecule has 1 aromatic carbocycles. The Labute approximate surface area is 116 Å². The van der Waals surface area contributed by atoms with Gasteiger partial charge in [0.05, 0.1) is 22.5 Å². The minimum absolute atomic E-state index is 0.740. The first-order chi connectivity index (χ1) is 9.26. The van der Waals surface area contributed by atoms with E-state index < -0.39 is 0 Å². The number of rotatable bonds is 4. The number of nitrogens with zero attached hydrogens (tertiary/aromatic N) is 3. The van der Waals surface area contributed by atoms with Gasteiger partial charge in [-0.2, -0.15) is 5.10 Å². The molecule has 3 rings (SSSR count). The first-order valence-corrected chi connectivity index (χ1v) is 7.10. The number of fused-ring (bicyclic) bond motifs is 1. The molecular weight excluding hydrogens is 256 g/mol. The quantitative estimate of drug-likeness (QED) is 0.794. The summed E-state index contributed by atoms with van der Waals surface area (Å²) in [6, 6.07) is 8.23. The van der Waals surface area contributed by atoms with Gasteiger partial charge >= 0.3 is 0 Å². The summed E-state index contributed by atoms with van der Waals surface area (Å²) in [5, 5.41) is 8.79. The zero-order valence-corrected chi connectivity index (χ0v) is 11.9. The Morgan fingerprint density at radius 1 is 1.32 bits per heavy atom. The zero-order chi connectivity index (χ0) is 13.2. The first-order valence-electron chi connectivity index (χ1n) is 6.28.